The second-order valence-corrected chi connectivity index (χ2v) is 9.07. The van der Waals surface area contributed by atoms with Crippen molar-refractivity contribution in [2.24, 2.45) is 0 Å². The maximum absolute atomic E-state index is 10.8. The Labute approximate surface area is 157 Å². The van der Waals surface area contributed by atoms with E-state index in [-0.39, 0.29) is 12.4 Å². The van der Waals surface area contributed by atoms with Crippen molar-refractivity contribution in [1.82, 2.24) is 19.5 Å². The van der Waals surface area contributed by atoms with Crippen LogP contribution in [0.25, 0.3) is 11.2 Å². The van der Waals surface area contributed by atoms with Crippen LogP contribution in [0.5, 0.6) is 0 Å². The molecular formula is C14H24BN6O5P. The first-order valence-electron chi connectivity index (χ1n) is 8.97. The molecule has 0 bridgehead atoms. The minimum absolute atomic E-state index is 0.159. The van der Waals surface area contributed by atoms with Crippen LogP contribution in [0.15, 0.2) is 6.33 Å². The summed E-state index contributed by atoms with van der Waals surface area (Å²) >= 11 is 0. The Bertz CT molecular complexity index is 849. The van der Waals surface area contributed by atoms with Gasteiger partial charge in [-0.1, -0.05) is 0 Å². The van der Waals surface area contributed by atoms with Crippen LogP contribution in [0, 0.1) is 0 Å². The number of aliphatic hydroxyl groups is 1. The molecule has 4 N–H and O–H groups in total. The molecule has 1 unspecified atom stereocenters. The van der Waals surface area contributed by atoms with Gasteiger partial charge >= 0.3 is 157 Å². The van der Waals surface area contributed by atoms with Gasteiger partial charge in [-0.15, -0.1) is 0 Å². The number of ether oxygens (including phenoxy) is 1. The molecule has 11 nitrogen and oxygen atoms in total. The van der Waals surface area contributed by atoms with Crippen LogP contribution in [0.2, 0.25) is 0 Å². The van der Waals surface area contributed by atoms with E-state index in [2.05, 4.69) is 15.0 Å². The molecule has 4 rings (SSSR count). The van der Waals surface area contributed by atoms with Crippen molar-refractivity contribution in [3.05, 3.63) is 6.33 Å². The van der Waals surface area contributed by atoms with Crippen LogP contribution in [-0.4, -0.2) is 75.1 Å². The van der Waals surface area contributed by atoms with E-state index in [0.29, 0.717) is 17.1 Å². The standard InChI is InChI=1S/C14H24BN6O5P/c1-3-20(4-2)14-18-11(16)8-12(19-14)21(6-17-8)13-9(22)10-7(25-13)5-24-27(15,23)26-10/h6-7,9-10,13,22-23,27H,3-5,15H2,1-2H3,(H2,16,18,19)/t7-,9?,10+,13-/m1/s1. The average molecular weight is 398 g/mol. The van der Waals surface area contributed by atoms with E-state index in [1.54, 1.807) is 4.57 Å². The van der Waals surface area contributed by atoms with Crippen LogP contribution >= 0.6 is 7.82 Å². The summed E-state index contributed by atoms with van der Waals surface area (Å²) in [6, 6.07) is 0. The molecule has 0 radical (unpaired) electrons. The molecule has 4 atom stereocenters. The van der Waals surface area contributed by atoms with Gasteiger partial charge in [0.2, 0.25) is 0 Å². The van der Waals surface area contributed by atoms with E-state index in [0.717, 1.165) is 13.1 Å². The molecule has 0 aromatic carbocycles. The predicted molar refractivity (Wildman–Crippen MR) is 103 cm³/mol. The number of anilines is 2. The molecule has 2 aliphatic rings. The molecule has 4 heterocycles. The number of nitrogens with zero attached hydrogens (tertiary/aromatic N) is 5. The van der Waals surface area contributed by atoms with Gasteiger partial charge in [0, 0.05) is 0 Å². The number of hydrogen-bond donors (Lipinski definition) is 3. The third kappa shape index (κ3) is 3.16. The number of hydrogen-bond acceptors (Lipinski definition) is 10. The average Bonchev–Trinajstić information content (AvgIpc) is 3.17. The fourth-order valence-electron chi connectivity index (χ4n) is 3.51. The fourth-order valence-corrected chi connectivity index (χ4v) is 4.85. The van der Waals surface area contributed by atoms with Crippen LogP contribution in [0.3, 0.4) is 0 Å². The van der Waals surface area contributed by atoms with Gasteiger partial charge in [-0.3, -0.25) is 0 Å². The zero-order valence-electron chi connectivity index (χ0n) is 15.4. The van der Waals surface area contributed by atoms with Gasteiger partial charge in [-0.2, -0.15) is 0 Å². The van der Waals surface area contributed by atoms with E-state index < -0.39 is 32.4 Å². The van der Waals surface area contributed by atoms with Gasteiger partial charge < -0.3 is 0 Å². The molecule has 0 aliphatic carbocycles. The van der Waals surface area contributed by atoms with Crippen molar-refractivity contribution >= 4 is 38.3 Å². The van der Waals surface area contributed by atoms with Gasteiger partial charge in [0.1, 0.15) is 0 Å². The Morgan fingerprint density at radius 3 is 2.85 bits per heavy atom. The number of fused-ring (bicyclic) bond motifs is 2. The van der Waals surface area contributed by atoms with E-state index in [1.165, 1.54) is 13.9 Å². The van der Waals surface area contributed by atoms with Crippen molar-refractivity contribution in [3.63, 3.8) is 0 Å². The molecule has 0 spiro atoms. The number of nitrogen functional groups attached to an aromatic ring is 1. The van der Waals surface area contributed by atoms with Crippen LogP contribution in [0.4, 0.5) is 11.8 Å². The number of rotatable bonds is 4. The van der Waals surface area contributed by atoms with Crippen LogP contribution in [0.1, 0.15) is 20.1 Å². The Morgan fingerprint density at radius 1 is 1.41 bits per heavy atom. The van der Waals surface area contributed by atoms with Gasteiger partial charge in [-0.25, -0.2) is 0 Å². The quantitative estimate of drug-likeness (QED) is 0.432. The molecule has 2 aromatic rings. The fraction of sp³-hybridized carbons (Fsp3) is 0.643. The van der Waals surface area contributed by atoms with Gasteiger partial charge in [0.25, 0.3) is 0 Å². The predicted octanol–water partition coefficient (Wildman–Crippen LogP) is -1.04. The summed E-state index contributed by atoms with van der Waals surface area (Å²) in [7, 11) is -1.73. The summed E-state index contributed by atoms with van der Waals surface area (Å²) in [6.45, 7) is 5.63. The second-order valence-electron chi connectivity index (χ2n) is 6.75. The van der Waals surface area contributed by atoms with E-state index >= 15 is 0 Å². The van der Waals surface area contributed by atoms with E-state index in [9.17, 15) is 10.00 Å². The summed E-state index contributed by atoms with van der Waals surface area (Å²) in [5.74, 6) is 0.757. The van der Waals surface area contributed by atoms with Gasteiger partial charge in [-0.05, 0) is 0 Å². The first-order valence-corrected chi connectivity index (χ1v) is 11.2. The van der Waals surface area contributed by atoms with Crippen molar-refractivity contribution < 1.29 is 23.8 Å². The number of imidazole rings is 1. The number of aromatic nitrogens is 4. The molecule has 2 aliphatic heterocycles. The number of nitrogens with two attached hydrogens (primary N) is 1. The van der Waals surface area contributed by atoms with Crippen molar-refractivity contribution in [1.29, 1.82) is 0 Å². The summed E-state index contributed by atoms with van der Waals surface area (Å²) in [5.41, 5.74) is 6.98. The molecule has 2 aromatic heterocycles. The first-order chi connectivity index (χ1) is 12.8. The Hall–Kier alpha value is -1.56. The third-order valence-electron chi connectivity index (χ3n) is 4.94. The molecule has 2 fully saturated rings. The van der Waals surface area contributed by atoms with Crippen LogP contribution in [-0.2, 0) is 13.8 Å². The van der Waals surface area contributed by atoms with Gasteiger partial charge in [0.15, 0.2) is 0 Å². The monoisotopic (exact) mass is 398 g/mol. The zero-order valence-corrected chi connectivity index (χ0v) is 16.4. The van der Waals surface area contributed by atoms with Crippen molar-refractivity contribution in [2.45, 2.75) is 38.4 Å². The number of aliphatic hydroxyl groups excluding tert-OH is 1. The Kier molecular flexibility index (Phi) is 4.73. The SMILES string of the molecule is B[PH]1(O)OC[C@H]2O[C@@H](n3cnc4c(N)nc(N(CC)CC)nc43)C(O)[C@H]2O1. The minimum atomic E-state index is -3.25. The second kappa shape index (κ2) is 6.80. The summed E-state index contributed by atoms with van der Waals surface area (Å²) < 4.78 is 18.5. The Morgan fingerprint density at radius 2 is 2.15 bits per heavy atom. The zero-order chi connectivity index (χ0) is 19.3. The van der Waals surface area contributed by atoms with E-state index in [4.69, 9.17) is 19.5 Å². The first kappa shape index (κ1) is 18.8. The van der Waals surface area contributed by atoms with Crippen LogP contribution < -0.4 is 10.6 Å². The molecule has 13 heteroatoms. The molecule has 148 valence electrons. The Balaban J connectivity index is 1.72. The maximum atomic E-state index is 10.8. The van der Waals surface area contributed by atoms with E-state index in [1.807, 2.05) is 18.7 Å². The molecule has 0 saturated carbocycles. The molecular weight excluding hydrogens is 374 g/mol. The summed E-state index contributed by atoms with van der Waals surface area (Å²) in [6.07, 6.45) is -1.44. The molecule has 27 heavy (non-hydrogen) atoms. The van der Waals surface area contributed by atoms with Crippen molar-refractivity contribution in [3.8, 4) is 0 Å². The summed E-state index contributed by atoms with van der Waals surface area (Å²) in [5, 5.41) is 10.8. The van der Waals surface area contributed by atoms with Crippen molar-refractivity contribution in [2.75, 3.05) is 30.3 Å². The molecule has 0 amide bonds. The molecule has 2 saturated heterocycles. The summed E-state index contributed by atoms with van der Waals surface area (Å²) in [4.78, 5) is 25.3. The topological polar surface area (TPSA) is 141 Å². The normalized spacial score (nSPS) is 31.0. The van der Waals surface area contributed by atoms with Gasteiger partial charge in [0.05, 0.1) is 0 Å². The third-order valence-corrected chi connectivity index (χ3v) is 6.35.